The molecule has 3 rings (SSSR count). The number of ether oxygens (including phenoxy) is 3. The number of esters is 1. The van der Waals surface area contributed by atoms with Crippen LogP contribution in [0.5, 0.6) is 17.2 Å². The minimum absolute atomic E-state index is 0.334. The molecule has 0 aliphatic rings. The zero-order valence-corrected chi connectivity index (χ0v) is 18.1. The van der Waals surface area contributed by atoms with Crippen LogP contribution < -0.4 is 19.6 Å². The first-order chi connectivity index (χ1) is 14.5. The van der Waals surface area contributed by atoms with E-state index < -0.39 is 5.97 Å². The Labute approximate surface area is 179 Å². The lowest BCUT2D eigenvalue weighted by molar-refractivity contribution is 0.0728. The van der Waals surface area contributed by atoms with Crippen LogP contribution in [0.15, 0.2) is 47.6 Å². The Bertz CT molecular complexity index is 1040. The monoisotopic (exact) mass is 425 g/mol. The molecule has 0 saturated heterocycles. The molecule has 0 saturated carbocycles. The Balaban J connectivity index is 1.73. The van der Waals surface area contributed by atoms with Gasteiger partial charge >= 0.3 is 5.97 Å². The Morgan fingerprint density at radius 2 is 2.03 bits per heavy atom. The third kappa shape index (κ3) is 5.36. The summed E-state index contributed by atoms with van der Waals surface area (Å²) in [7, 11) is 1.55. The van der Waals surface area contributed by atoms with Crippen LogP contribution in [0.1, 0.15) is 33.4 Å². The molecule has 1 aromatic heterocycles. The van der Waals surface area contributed by atoms with Gasteiger partial charge in [-0.1, -0.05) is 6.07 Å². The second kappa shape index (κ2) is 9.89. The summed E-state index contributed by atoms with van der Waals surface area (Å²) in [5.74, 6) is 0.881. The van der Waals surface area contributed by atoms with E-state index in [9.17, 15) is 4.79 Å². The van der Waals surface area contributed by atoms with Crippen molar-refractivity contribution < 1.29 is 19.0 Å². The summed E-state index contributed by atoms with van der Waals surface area (Å²) in [6.07, 6.45) is 1.66. The van der Waals surface area contributed by atoms with Gasteiger partial charge in [-0.05, 0) is 62.7 Å². The van der Waals surface area contributed by atoms with E-state index in [4.69, 9.17) is 14.2 Å². The topological polar surface area (TPSA) is 82.0 Å². The summed E-state index contributed by atoms with van der Waals surface area (Å²) < 4.78 is 16.3. The minimum Gasteiger partial charge on any atom is -0.497 e. The second-order valence-corrected chi connectivity index (χ2v) is 7.49. The predicted octanol–water partition coefficient (Wildman–Crippen LogP) is 4.83. The number of hydrazone groups is 1. The van der Waals surface area contributed by atoms with Crippen molar-refractivity contribution in [3.63, 3.8) is 0 Å². The van der Waals surface area contributed by atoms with Crippen molar-refractivity contribution in [3.8, 4) is 17.2 Å². The number of aryl methyl sites for hydroxylation is 2. The Kier molecular flexibility index (Phi) is 7.03. The van der Waals surface area contributed by atoms with Crippen molar-refractivity contribution in [1.82, 2.24) is 4.98 Å². The number of thiazole rings is 1. The highest BCUT2D eigenvalue weighted by Crippen LogP contribution is 2.29. The highest BCUT2D eigenvalue weighted by atomic mass is 32.1. The first kappa shape index (κ1) is 21.3. The summed E-state index contributed by atoms with van der Waals surface area (Å²) in [4.78, 5) is 18.0. The van der Waals surface area contributed by atoms with Crippen LogP contribution in [0.4, 0.5) is 5.13 Å². The molecule has 3 aromatic rings. The van der Waals surface area contributed by atoms with Gasteiger partial charge in [0.05, 0.1) is 31.2 Å². The molecule has 0 aliphatic carbocycles. The fourth-order valence-electron chi connectivity index (χ4n) is 2.55. The van der Waals surface area contributed by atoms with Crippen molar-refractivity contribution in [1.29, 1.82) is 0 Å². The zero-order valence-electron chi connectivity index (χ0n) is 17.3. The van der Waals surface area contributed by atoms with Gasteiger partial charge in [0.25, 0.3) is 0 Å². The molecule has 1 N–H and O–H groups in total. The highest BCUT2D eigenvalue weighted by molar-refractivity contribution is 7.15. The van der Waals surface area contributed by atoms with E-state index in [-0.39, 0.29) is 0 Å². The van der Waals surface area contributed by atoms with Gasteiger partial charge < -0.3 is 14.2 Å². The zero-order chi connectivity index (χ0) is 21.5. The molecule has 30 heavy (non-hydrogen) atoms. The lowest BCUT2D eigenvalue weighted by Gasteiger charge is -2.11. The summed E-state index contributed by atoms with van der Waals surface area (Å²) >= 11 is 1.54. The third-order valence-corrected chi connectivity index (χ3v) is 5.16. The lowest BCUT2D eigenvalue weighted by Crippen LogP contribution is -2.10. The van der Waals surface area contributed by atoms with E-state index in [0.717, 1.165) is 21.3 Å². The number of carbonyl (C=O) groups is 1. The van der Waals surface area contributed by atoms with Crippen LogP contribution in [0, 0.1) is 13.8 Å². The van der Waals surface area contributed by atoms with Crippen molar-refractivity contribution in [2.24, 2.45) is 5.10 Å². The number of nitrogens with one attached hydrogen (secondary N) is 1. The van der Waals surface area contributed by atoms with Crippen molar-refractivity contribution in [2.75, 3.05) is 19.1 Å². The highest BCUT2D eigenvalue weighted by Gasteiger charge is 2.14. The first-order valence-electron chi connectivity index (χ1n) is 9.36. The number of rotatable bonds is 8. The molecular weight excluding hydrogens is 402 g/mol. The van der Waals surface area contributed by atoms with Crippen molar-refractivity contribution in [2.45, 2.75) is 20.8 Å². The van der Waals surface area contributed by atoms with Crippen LogP contribution in [0.3, 0.4) is 0 Å². The number of anilines is 1. The van der Waals surface area contributed by atoms with E-state index in [2.05, 4.69) is 15.5 Å². The quantitative estimate of drug-likeness (QED) is 0.241. The van der Waals surface area contributed by atoms with Gasteiger partial charge in [0.15, 0.2) is 11.5 Å². The standard InChI is InChI=1S/C22H23N3O4S/c1-5-28-20-11-16(13-23-25-22-24-14(2)15(3)30-22)9-10-19(20)29-21(26)17-7-6-8-18(12-17)27-4/h6-13H,5H2,1-4H3,(H,24,25)/b23-13+. The Morgan fingerprint density at radius 3 is 2.73 bits per heavy atom. The SMILES string of the molecule is CCOc1cc(/C=N/Nc2nc(C)c(C)s2)ccc1OC(=O)c1cccc(OC)c1. The summed E-state index contributed by atoms with van der Waals surface area (Å²) in [6.45, 7) is 6.27. The molecule has 0 spiro atoms. The number of hydrogen-bond donors (Lipinski definition) is 1. The van der Waals surface area contributed by atoms with E-state index in [1.807, 2.05) is 20.8 Å². The Hall–Kier alpha value is -3.39. The van der Waals surface area contributed by atoms with E-state index in [1.165, 1.54) is 0 Å². The maximum atomic E-state index is 12.5. The molecule has 1 heterocycles. The molecule has 0 amide bonds. The maximum absolute atomic E-state index is 12.5. The van der Waals surface area contributed by atoms with Crippen molar-refractivity contribution >= 4 is 28.7 Å². The molecule has 0 bridgehead atoms. The van der Waals surface area contributed by atoms with Crippen LogP contribution in [-0.2, 0) is 0 Å². The molecular formula is C22H23N3O4S. The smallest absolute Gasteiger partial charge is 0.343 e. The molecule has 8 heteroatoms. The molecule has 156 valence electrons. The number of aromatic nitrogens is 1. The predicted molar refractivity (Wildman–Crippen MR) is 118 cm³/mol. The average Bonchev–Trinajstić information content (AvgIpc) is 3.07. The van der Waals surface area contributed by atoms with Crippen LogP contribution in [-0.4, -0.2) is 30.9 Å². The Morgan fingerprint density at radius 1 is 1.20 bits per heavy atom. The largest absolute Gasteiger partial charge is 0.497 e. The summed E-state index contributed by atoms with van der Waals surface area (Å²) in [5.41, 5.74) is 5.09. The molecule has 0 radical (unpaired) electrons. The molecule has 0 unspecified atom stereocenters. The number of methoxy groups -OCH3 is 1. The minimum atomic E-state index is -0.493. The normalized spacial score (nSPS) is 10.8. The number of carbonyl (C=O) groups excluding carboxylic acids is 1. The lowest BCUT2D eigenvalue weighted by atomic mass is 10.2. The average molecular weight is 426 g/mol. The van der Waals surface area contributed by atoms with Crippen molar-refractivity contribution in [3.05, 3.63) is 64.2 Å². The van der Waals surface area contributed by atoms with Crippen LogP contribution >= 0.6 is 11.3 Å². The molecule has 7 nitrogen and oxygen atoms in total. The number of benzene rings is 2. The fraction of sp³-hybridized carbons (Fsp3) is 0.227. The van der Waals surface area contributed by atoms with E-state index in [0.29, 0.717) is 29.4 Å². The summed E-state index contributed by atoms with van der Waals surface area (Å²) in [5, 5.41) is 4.95. The van der Waals surface area contributed by atoms with Gasteiger partial charge in [0.1, 0.15) is 5.75 Å². The van der Waals surface area contributed by atoms with Gasteiger partial charge in [-0.3, -0.25) is 5.43 Å². The van der Waals surface area contributed by atoms with E-state index >= 15 is 0 Å². The molecule has 0 fully saturated rings. The van der Waals surface area contributed by atoms with Gasteiger partial charge in [0.2, 0.25) is 5.13 Å². The third-order valence-electron chi connectivity index (χ3n) is 4.18. The van der Waals surface area contributed by atoms with Gasteiger partial charge in [0, 0.05) is 4.88 Å². The van der Waals surface area contributed by atoms with Crippen LogP contribution in [0.2, 0.25) is 0 Å². The van der Waals surface area contributed by atoms with Gasteiger partial charge in [-0.25, -0.2) is 9.78 Å². The maximum Gasteiger partial charge on any atom is 0.343 e. The van der Waals surface area contributed by atoms with Gasteiger partial charge in [-0.2, -0.15) is 5.10 Å². The number of nitrogens with zero attached hydrogens (tertiary/aromatic N) is 2. The van der Waals surface area contributed by atoms with Crippen LogP contribution in [0.25, 0.3) is 0 Å². The number of hydrogen-bond acceptors (Lipinski definition) is 8. The summed E-state index contributed by atoms with van der Waals surface area (Å²) in [6, 6.07) is 12.0. The first-order valence-corrected chi connectivity index (χ1v) is 10.2. The molecule has 0 atom stereocenters. The van der Waals surface area contributed by atoms with E-state index in [1.54, 1.807) is 67.1 Å². The second-order valence-electron chi connectivity index (χ2n) is 6.29. The fourth-order valence-corrected chi connectivity index (χ4v) is 3.31. The molecule has 2 aromatic carbocycles. The molecule has 0 aliphatic heterocycles. The van der Waals surface area contributed by atoms with Gasteiger partial charge in [-0.15, -0.1) is 11.3 Å².